The quantitative estimate of drug-likeness (QED) is 0.721. The van der Waals surface area contributed by atoms with Crippen LogP contribution in [0.3, 0.4) is 0 Å². The number of furan rings is 1. The first-order valence-corrected chi connectivity index (χ1v) is 7.72. The number of carboxylic acids is 1. The molecular formula is C19H17NO5. The van der Waals surface area contributed by atoms with Gasteiger partial charge in [0.2, 0.25) is 0 Å². The molecule has 2 aromatic carbocycles. The minimum Gasteiger partial charge on any atom is -0.497 e. The van der Waals surface area contributed by atoms with Crippen LogP contribution in [0, 0.1) is 0 Å². The molecule has 0 bridgehead atoms. The zero-order valence-electron chi connectivity index (χ0n) is 13.6. The van der Waals surface area contributed by atoms with E-state index in [0.717, 1.165) is 10.9 Å². The van der Waals surface area contributed by atoms with Crippen molar-refractivity contribution in [3.63, 3.8) is 0 Å². The molecule has 128 valence electrons. The van der Waals surface area contributed by atoms with E-state index in [0.29, 0.717) is 11.3 Å². The smallest absolute Gasteiger partial charge is 0.326 e. The van der Waals surface area contributed by atoms with Crippen LogP contribution < -0.4 is 10.1 Å². The second-order valence-corrected chi connectivity index (χ2v) is 5.57. The molecule has 25 heavy (non-hydrogen) atoms. The van der Waals surface area contributed by atoms with Crippen LogP contribution in [0.5, 0.6) is 5.75 Å². The van der Waals surface area contributed by atoms with Gasteiger partial charge in [-0.05, 0) is 23.8 Å². The highest BCUT2D eigenvalue weighted by molar-refractivity contribution is 5.98. The Balaban J connectivity index is 1.78. The Morgan fingerprint density at radius 1 is 1.16 bits per heavy atom. The molecule has 0 radical (unpaired) electrons. The number of aliphatic carboxylic acids is 1. The Morgan fingerprint density at radius 3 is 2.60 bits per heavy atom. The highest BCUT2D eigenvalue weighted by Crippen LogP contribution is 2.24. The predicted octanol–water partition coefficient (Wildman–Crippen LogP) is 2.87. The zero-order chi connectivity index (χ0) is 17.8. The zero-order valence-corrected chi connectivity index (χ0v) is 13.6. The fraction of sp³-hybridized carbons (Fsp3) is 0.158. The van der Waals surface area contributed by atoms with Gasteiger partial charge >= 0.3 is 5.97 Å². The largest absolute Gasteiger partial charge is 0.497 e. The molecule has 2 N–H and O–H groups in total. The second kappa shape index (κ2) is 7.09. The van der Waals surface area contributed by atoms with Gasteiger partial charge in [0.05, 0.1) is 7.11 Å². The van der Waals surface area contributed by atoms with Crippen LogP contribution in [-0.4, -0.2) is 30.1 Å². The number of carbonyl (C=O) groups is 2. The Bertz CT molecular complexity index is 901. The van der Waals surface area contributed by atoms with E-state index in [2.05, 4.69) is 5.32 Å². The molecule has 0 fully saturated rings. The molecule has 0 saturated carbocycles. The maximum Gasteiger partial charge on any atom is 0.326 e. The summed E-state index contributed by atoms with van der Waals surface area (Å²) < 4.78 is 10.6. The highest BCUT2D eigenvalue weighted by atomic mass is 16.5. The molecule has 6 heteroatoms. The highest BCUT2D eigenvalue weighted by Gasteiger charge is 2.23. The van der Waals surface area contributed by atoms with Gasteiger partial charge in [-0.15, -0.1) is 0 Å². The number of carbonyl (C=O) groups excluding carboxylic acids is 1. The standard InChI is InChI=1S/C19H17NO5/c1-24-14-8-7-13-10-17(25-16(13)11-14)18(21)20-15(19(22)23)9-12-5-3-2-4-6-12/h2-8,10-11,15H,9H2,1H3,(H,20,21)(H,22,23)/t15-/m1/s1. The average Bonchev–Trinajstić information content (AvgIpc) is 3.05. The van der Waals surface area contributed by atoms with Crippen molar-refractivity contribution in [2.45, 2.75) is 12.5 Å². The van der Waals surface area contributed by atoms with Crippen molar-refractivity contribution in [3.05, 3.63) is 65.9 Å². The summed E-state index contributed by atoms with van der Waals surface area (Å²) in [6.07, 6.45) is 0.190. The van der Waals surface area contributed by atoms with E-state index >= 15 is 0 Å². The molecular weight excluding hydrogens is 322 g/mol. The van der Waals surface area contributed by atoms with Gasteiger partial charge < -0.3 is 19.6 Å². The van der Waals surface area contributed by atoms with Gasteiger partial charge in [0.15, 0.2) is 5.76 Å². The first-order chi connectivity index (χ1) is 12.1. The van der Waals surface area contributed by atoms with Crippen LogP contribution in [0.2, 0.25) is 0 Å². The van der Waals surface area contributed by atoms with Crippen molar-refractivity contribution in [1.29, 1.82) is 0 Å². The summed E-state index contributed by atoms with van der Waals surface area (Å²) in [6.45, 7) is 0. The Hall–Kier alpha value is -3.28. The Kier molecular flexibility index (Phi) is 4.70. The van der Waals surface area contributed by atoms with Gasteiger partial charge in [-0.1, -0.05) is 30.3 Å². The number of methoxy groups -OCH3 is 1. The van der Waals surface area contributed by atoms with Crippen LogP contribution in [0.15, 0.2) is 59.0 Å². The Morgan fingerprint density at radius 2 is 1.92 bits per heavy atom. The van der Waals surface area contributed by atoms with Crippen LogP contribution in [0.25, 0.3) is 11.0 Å². The van der Waals surface area contributed by atoms with E-state index in [9.17, 15) is 14.7 Å². The van der Waals surface area contributed by atoms with Crippen molar-refractivity contribution in [2.24, 2.45) is 0 Å². The fourth-order valence-electron chi connectivity index (χ4n) is 2.53. The number of nitrogens with one attached hydrogen (secondary N) is 1. The minimum absolute atomic E-state index is 0.0579. The van der Waals surface area contributed by atoms with E-state index < -0.39 is 17.9 Å². The monoisotopic (exact) mass is 339 g/mol. The number of fused-ring (bicyclic) bond motifs is 1. The molecule has 1 aromatic heterocycles. The second-order valence-electron chi connectivity index (χ2n) is 5.57. The molecule has 1 amide bonds. The maximum atomic E-state index is 12.4. The van der Waals surface area contributed by atoms with E-state index in [1.54, 1.807) is 31.4 Å². The number of carboxylic acid groups (broad SMARTS) is 1. The molecule has 0 aliphatic heterocycles. The summed E-state index contributed by atoms with van der Waals surface area (Å²) in [5, 5.41) is 12.6. The third-order valence-electron chi connectivity index (χ3n) is 3.84. The summed E-state index contributed by atoms with van der Waals surface area (Å²) in [5.41, 5.74) is 1.32. The van der Waals surface area contributed by atoms with Crippen molar-refractivity contribution in [1.82, 2.24) is 5.32 Å². The summed E-state index contributed by atoms with van der Waals surface area (Å²) in [5.74, 6) is -1.00. The average molecular weight is 339 g/mol. The molecule has 6 nitrogen and oxygen atoms in total. The van der Waals surface area contributed by atoms with E-state index in [1.165, 1.54) is 0 Å². The lowest BCUT2D eigenvalue weighted by Crippen LogP contribution is -2.42. The summed E-state index contributed by atoms with van der Waals surface area (Å²) in [4.78, 5) is 23.8. The van der Waals surface area contributed by atoms with Crippen LogP contribution in [0.4, 0.5) is 0 Å². The third-order valence-corrected chi connectivity index (χ3v) is 3.84. The first kappa shape index (κ1) is 16.6. The third kappa shape index (κ3) is 3.80. The number of ether oxygens (including phenoxy) is 1. The van der Waals surface area contributed by atoms with Crippen LogP contribution in [0.1, 0.15) is 16.1 Å². The lowest BCUT2D eigenvalue weighted by Gasteiger charge is -2.13. The number of amides is 1. The molecule has 3 aromatic rings. The topological polar surface area (TPSA) is 88.8 Å². The van der Waals surface area contributed by atoms with Crippen molar-refractivity contribution >= 4 is 22.8 Å². The molecule has 0 aliphatic rings. The molecule has 1 atom stereocenters. The fourth-order valence-corrected chi connectivity index (χ4v) is 2.53. The van der Waals surface area contributed by atoms with Crippen LogP contribution in [-0.2, 0) is 11.2 Å². The molecule has 0 unspecified atom stereocenters. The van der Waals surface area contributed by atoms with E-state index in [1.807, 2.05) is 30.3 Å². The summed E-state index contributed by atoms with van der Waals surface area (Å²) in [6, 6.07) is 14.9. The lowest BCUT2D eigenvalue weighted by atomic mass is 10.1. The van der Waals surface area contributed by atoms with Gasteiger partial charge in [-0.25, -0.2) is 4.79 Å². The van der Waals surface area contributed by atoms with Gasteiger partial charge in [-0.3, -0.25) is 4.79 Å². The lowest BCUT2D eigenvalue weighted by molar-refractivity contribution is -0.139. The number of benzene rings is 2. The normalized spacial score (nSPS) is 11.9. The van der Waals surface area contributed by atoms with Gasteiger partial charge in [0, 0.05) is 17.9 Å². The van der Waals surface area contributed by atoms with E-state index in [4.69, 9.17) is 9.15 Å². The molecule has 0 saturated heterocycles. The van der Waals surface area contributed by atoms with Crippen molar-refractivity contribution < 1.29 is 23.8 Å². The summed E-state index contributed by atoms with van der Waals surface area (Å²) in [7, 11) is 1.54. The maximum absolute atomic E-state index is 12.4. The number of hydrogen-bond donors (Lipinski definition) is 2. The molecule has 3 rings (SSSR count). The molecule has 0 aliphatic carbocycles. The van der Waals surface area contributed by atoms with Crippen molar-refractivity contribution in [3.8, 4) is 5.75 Å². The first-order valence-electron chi connectivity index (χ1n) is 7.72. The number of hydrogen-bond acceptors (Lipinski definition) is 4. The number of rotatable bonds is 6. The summed E-state index contributed by atoms with van der Waals surface area (Å²) >= 11 is 0. The van der Waals surface area contributed by atoms with Crippen LogP contribution >= 0.6 is 0 Å². The van der Waals surface area contributed by atoms with Gasteiger partial charge in [0.1, 0.15) is 17.4 Å². The van der Waals surface area contributed by atoms with Gasteiger partial charge in [-0.2, -0.15) is 0 Å². The van der Waals surface area contributed by atoms with Crippen molar-refractivity contribution in [2.75, 3.05) is 7.11 Å². The van der Waals surface area contributed by atoms with Gasteiger partial charge in [0.25, 0.3) is 5.91 Å². The SMILES string of the molecule is COc1ccc2cc(C(=O)N[C@H](Cc3ccccc3)C(=O)O)oc2c1. The minimum atomic E-state index is -1.10. The van der Waals surface area contributed by atoms with E-state index in [-0.39, 0.29) is 12.2 Å². The molecule has 1 heterocycles. The Labute approximate surface area is 144 Å². The predicted molar refractivity (Wildman–Crippen MR) is 91.8 cm³/mol. The molecule has 0 spiro atoms.